The number of carbonyl (C=O) groups excluding carboxylic acids is 1. The molecule has 1 saturated carbocycles. The van der Waals surface area contributed by atoms with Crippen LogP contribution in [-0.4, -0.2) is 15.3 Å². The van der Waals surface area contributed by atoms with E-state index in [-0.39, 0.29) is 5.92 Å². The Labute approximate surface area is 110 Å². The number of rotatable bonds is 4. The zero-order chi connectivity index (χ0) is 13.1. The van der Waals surface area contributed by atoms with Gasteiger partial charge in [-0.05, 0) is 31.1 Å². The maximum atomic E-state index is 12.0. The molecule has 2 rings (SSSR count). The molecule has 18 heavy (non-hydrogen) atoms. The molecule has 0 N–H and O–H groups in total. The third kappa shape index (κ3) is 3.01. The highest BCUT2D eigenvalue weighted by molar-refractivity contribution is 5.81. The van der Waals surface area contributed by atoms with E-state index < -0.39 is 0 Å². The largest absolute Gasteiger partial charge is 0.338 e. The molecular weight excluding hydrogens is 224 g/mol. The van der Waals surface area contributed by atoms with E-state index in [9.17, 15) is 4.79 Å². The maximum Gasteiger partial charge on any atom is 0.136 e. The first-order valence-electron chi connectivity index (χ1n) is 7.07. The number of aromatic nitrogens is 2. The second kappa shape index (κ2) is 5.68. The van der Waals surface area contributed by atoms with Crippen molar-refractivity contribution >= 4 is 5.78 Å². The fourth-order valence-corrected chi connectivity index (χ4v) is 2.97. The van der Waals surface area contributed by atoms with Crippen LogP contribution in [0.4, 0.5) is 0 Å². The predicted octanol–water partition coefficient (Wildman–Crippen LogP) is 2.99. The zero-order valence-electron chi connectivity index (χ0n) is 11.7. The number of hydrogen-bond donors (Lipinski definition) is 0. The minimum absolute atomic E-state index is 0.267. The molecular formula is C15H24N2O. The molecule has 100 valence electrons. The minimum Gasteiger partial charge on any atom is -0.338 e. The molecule has 3 heteroatoms. The quantitative estimate of drug-likeness (QED) is 0.821. The molecule has 0 amide bonds. The van der Waals surface area contributed by atoms with Crippen LogP contribution >= 0.6 is 0 Å². The van der Waals surface area contributed by atoms with E-state index in [0.717, 1.165) is 43.8 Å². The molecule has 0 bridgehead atoms. The average molecular weight is 248 g/mol. The van der Waals surface area contributed by atoms with Gasteiger partial charge in [0, 0.05) is 38.2 Å². The van der Waals surface area contributed by atoms with Crippen molar-refractivity contribution in [1.29, 1.82) is 0 Å². The van der Waals surface area contributed by atoms with Gasteiger partial charge in [0.05, 0.1) is 0 Å². The summed E-state index contributed by atoms with van der Waals surface area (Å²) in [5.41, 5.74) is 0. The van der Waals surface area contributed by atoms with Gasteiger partial charge in [-0.1, -0.05) is 13.8 Å². The first-order chi connectivity index (χ1) is 8.58. The normalized spacial score (nSPS) is 24.8. The lowest BCUT2D eigenvalue weighted by Gasteiger charge is -2.30. The molecule has 1 heterocycles. The number of Topliss-reactive ketones (excluding diaryl/α,β-unsaturated/α-hetero) is 1. The maximum absolute atomic E-state index is 12.0. The van der Waals surface area contributed by atoms with Gasteiger partial charge >= 0.3 is 0 Å². The number of aryl methyl sites for hydroxylation is 2. The molecule has 0 aliphatic heterocycles. The third-order valence-electron chi connectivity index (χ3n) is 4.38. The zero-order valence-corrected chi connectivity index (χ0v) is 11.7. The van der Waals surface area contributed by atoms with E-state index in [1.807, 2.05) is 24.0 Å². The Morgan fingerprint density at radius 3 is 2.89 bits per heavy atom. The van der Waals surface area contributed by atoms with Crippen molar-refractivity contribution in [2.24, 2.45) is 24.8 Å². The van der Waals surface area contributed by atoms with Crippen molar-refractivity contribution in [3.63, 3.8) is 0 Å². The highest BCUT2D eigenvalue weighted by Crippen LogP contribution is 2.33. The van der Waals surface area contributed by atoms with E-state index in [0.29, 0.717) is 11.7 Å². The second-order valence-electron chi connectivity index (χ2n) is 5.93. The lowest BCUT2D eigenvalue weighted by atomic mass is 9.74. The van der Waals surface area contributed by atoms with E-state index >= 15 is 0 Å². The Balaban J connectivity index is 1.91. The molecule has 2 unspecified atom stereocenters. The SMILES string of the molecule is CC(C)C1CCC(=O)C(CCc2nccn2C)C1. The van der Waals surface area contributed by atoms with Crippen LogP contribution in [0.15, 0.2) is 12.4 Å². The smallest absolute Gasteiger partial charge is 0.136 e. The summed E-state index contributed by atoms with van der Waals surface area (Å²) in [4.78, 5) is 16.3. The summed E-state index contributed by atoms with van der Waals surface area (Å²) in [6, 6.07) is 0. The van der Waals surface area contributed by atoms with E-state index in [2.05, 4.69) is 18.8 Å². The van der Waals surface area contributed by atoms with Gasteiger partial charge in [0.2, 0.25) is 0 Å². The van der Waals surface area contributed by atoms with Gasteiger partial charge in [-0.3, -0.25) is 4.79 Å². The fourth-order valence-electron chi connectivity index (χ4n) is 2.97. The number of ketones is 1. The van der Waals surface area contributed by atoms with Gasteiger partial charge in [0.15, 0.2) is 0 Å². The topological polar surface area (TPSA) is 34.9 Å². The molecule has 1 aliphatic carbocycles. The summed E-state index contributed by atoms with van der Waals surface area (Å²) in [6.45, 7) is 4.55. The first kappa shape index (κ1) is 13.3. The molecule has 1 aromatic heterocycles. The van der Waals surface area contributed by atoms with Crippen molar-refractivity contribution in [1.82, 2.24) is 9.55 Å². The third-order valence-corrected chi connectivity index (χ3v) is 4.38. The van der Waals surface area contributed by atoms with Gasteiger partial charge in [-0.25, -0.2) is 4.98 Å². The van der Waals surface area contributed by atoms with Crippen molar-refractivity contribution in [2.75, 3.05) is 0 Å². The Kier molecular flexibility index (Phi) is 4.20. The summed E-state index contributed by atoms with van der Waals surface area (Å²) >= 11 is 0. The molecule has 0 aromatic carbocycles. The van der Waals surface area contributed by atoms with Crippen molar-refractivity contribution in [2.45, 2.75) is 46.0 Å². The van der Waals surface area contributed by atoms with Crippen molar-refractivity contribution in [3.05, 3.63) is 18.2 Å². The van der Waals surface area contributed by atoms with Gasteiger partial charge in [0.25, 0.3) is 0 Å². The Morgan fingerprint density at radius 2 is 2.28 bits per heavy atom. The summed E-state index contributed by atoms with van der Waals surface area (Å²) in [6.07, 6.45) is 8.64. The number of hydrogen-bond acceptors (Lipinski definition) is 2. The minimum atomic E-state index is 0.267. The van der Waals surface area contributed by atoms with E-state index in [1.165, 1.54) is 0 Å². The lowest BCUT2D eigenvalue weighted by molar-refractivity contribution is -0.126. The molecule has 0 saturated heterocycles. The molecule has 1 aliphatic rings. The summed E-state index contributed by atoms with van der Waals surface area (Å²) in [7, 11) is 2.02. The first-order valence-corrected chi connectivity index (χ1v) is 7.07. The molecule has 0 radical (unpaired) electrons. The monoisotopic (exact) mass is 248 g/mol. The molecule has 1 fully saturated rings. The van der Waals surface area contributed by atoms with Crippen LogP contribution in [0.2, 0.25) is 0 Å². The summed E-state index contributed by atoms with van der Waals surface area (Å²) in [5.74, 6) is 3.27. The fraction of sp³-hybridized carbons (Fsp3) is 0.733. The van der Waals surface area contributed by atoms with Crippen LogP contribution in [0, 0.1) is 17.8 Å². The van der Waals surface area contributed by atoms with Crippen molar-refractivity contribution < 1.29 is 4.79 Å². The lowest BCUT2D eigenvalue weighted by Crippen LogP contribution is -2.28. The Hall–Kier alpha value is -1.12. The van der Waals surface area contributed by atoms with Crippen molar-refractivity contribution in [3.8, 4) is 0 Å². The Morgan fingerprint density at radius 1 is 1.50 bits per heavy atom. The number of nitrogens with zero attached hydrogens (tertiary/aromatic N) is 2. The second-order valence-corrected chi connectivity index (χ2v) is 5.93. The summed E-state index contributed by atoms with van der Waals surface area (Å²) in [5, 5.41) is 0. The highest BCUT2D eigenvalue weighted by atomic mass is 16.1. The van der Waals surface area contributed by atoms with Gasteiger partial charge in [-0.15, -0.1) is 0 Å². The Bertz CT molecular complexity index is 408. The van der Waals surface area contributed by atoms with Gasteiger partial charge < -0.3 is 4.57 Å². The molecule has 3 nitrogen and oxygen atoms in total. The number of imidazole rings is 1. The van der Waals surface area contributed by atoms with E-state index in [4.69, 9.17) is 0 Å². The van der Waals surface area contributed by atoms with E-state index in [1.54, 1.807) is 0 Å². The number of carbonyl (C=O) groups is 1. The molecule has 0 spiro atoms. The van der Waals surface area contributed by atoms with Gasteiger partial charge in [-0.2, -0.15) is 0 Å². The standard InChI is InChI=1S/C15H24N2O/c1-11(2)12-4-6-14(18)13(10-12)5-7-15-16-8-9-17(15)3/h8-9,11-13H,4-7,10H2,1-3H3. The molecule has 2 atom stereocenters. The van der Waals surface area contributed by atoms with Crippen LogP contribution in [0.3, 0.4) is 0 Å². The van der Waals surface area contributed by atoms with Crippen LogP contribution in [0.5, 0.6) is 0 Å². The molecule has 1 aromatic rings. The van der Waals surface area contributed by atoms with Crippen LogP contribution < -0.4 is 0 Å². The summed E-state index contributed by atoms with van der Waals surface area (Å²) < 4.78 is 2.05. The van der Waals surface area contributed by atoms with Crippen LogP contribution in [0.1, 0.15) is 45.4 Å². The predicted molar refractivity (Wildman–Crippen MR) is 72.2 cm³/mol. The van der Waals surface area contributed by atoms with Gasteiger partial charge in [0.1, 0.15) is 11.6 Å². The van der Waals surface area contributed by atoms with Crippen LogP contribution in [-0.2, 0) is 18.3 Å². The average Bonchev–Trinajstić information content (AvgIpc) is 2.73. The highest BCUT2D eigenvalue weighted by Gasteiger charge is 2.29. The van der Waals surface area contributed by atoms with Crippen LogP contribution in [0.25, 0.3) is 0 Å².